The Morgan fingerprint density at radius 1 is 1.23 bits per heavy atom. The summed E-state index contributed by atoms with van der Waals surface area (Å²) in [5, 5.41) is 4.14. The number of pyridine rings is 2. The quantitative estimate of drug-likeness (QED) is 0.706. The van der Waals surface area contributed by atoms with Gasteiger partial charge >= 0.3 is 0 Å². The van der Waals surface area contributed by atoms with E-state index in [1.54, 1.807) is 12.4 Å². The molecule has 3 heterocycles. The summed E-state index contributed by atoms with van der Waals surface area (Å²) >= 11 is 0. The molecule has 1 aliphatic carbocycles. The Balaban J connectivity index is 1.75. The van der Waals surface area contributed by atoms with E-state index in [1.165, 1.54) is 17.2 Å². The van der Waals surface area contributed by atoms with Gasteiger partial charge in [-0.05, 0) is 60.2 Å². The molecule has 4 rings (SSSR count). The molecule has 5 heteroatoms. The molecular formula is C21H20N4O. The topological polar surface area (TPSA) is 70.7 Å². The van der Waals surface area contributed by atoms with Crippen molar-refractivity contribution in [3.63, 3.8) is 0 Å². The number of nitrogens with zero attached hydrogens (tertiary/aromatic N) is 2. The highest BCUT2D eigenvalue weighted by Gasteiger charge is 2.21. The van der Waals surface area contributed by atoms with Crippen molar-refractivity contribution in [2.24, 2.45) is 0 Å². The molecule has 1 unspecified atom stereocenters. The molecule has 1 amide bonds. The number of aromatic amines is 1. The number of rotatable bonds is 4. The summed E-state index contributed by atoms with van der Waals surface area (Å²) in [4.78, 5) is 23.5. The van der Waals surface area contributed by atoms with E-state index in [2.05, 4.69) is 39.0 Å². The van der Waals surface area contributed by atoms with Crippen molar-refractivity contribution >= 4 is 22.5 Å². The maximum Gasteiger partial charge on any atom is 0.243 e. The predicted molar refractivity (Wildman–Crippen MR) is 103 cm³/mol. The van der Waals surface area contributed by atoms with Crippen LogP contribution in [0.1, 0.15) is 24.8 Å². The number of nitrogens with one attached hydrogen (secondary N) is 2. The van der Waals surface area contributed by atoms with Crippen LogP contribution in [0.15, 0.2) is 61.7 Å². The smallest absolute Gasteiger partial charge is 0.243 e. The molecule has 5 nitrogen and oxygen atoms in total. The van der Waals surface area contributed by atoms with E-state index in [0.717, 1.165) is 41.4 Å². The summed E-state index contributed by atoms with van der Waals surface area (Å²) in [5.41, 5.74) is 5.50. The van der Waals surface area contributed by atoms with Crippen LogP contribution in [-0.2, 0) is 4.79 Å². The average Bonchev–Trinajstić information content (AvgIpc) is 3.13. The van der Waals surface area contributed by atoms with Crippen LogP contribution in [0.4, 0.5) is 0 Å². The van der Waals surface area contributed by atoms with Crippen LogP contribution >= 0.6 is 0 Å². The number of fused-ring (bicyclic) bond motifs is 1. The van der Waals surface area contributed by atoms with Gasteiger partial charge in [0.05, 0.1) is 0 Å². The second kappa shape index (κ2) is 6.96. The van der Waals surface area contributed by atoms with Gasteiger partial charge in [-0.2, -0.15) is 0 Å². The molecule has 26 heavy (non-hydrogen) atoms. The molecule has 3 aromatic rings. The van der Waals surface area contributed by atoms with Gasteiger partial charge in [-0.3, -0.25) is 9.78 Å². The minimum Gasteiger partial charge on any atom is -0.349 e. The highest BCUT2D eigenvalue weighted by molar-refractivity contribution is 6.01. The van der Waals surface area contributed by atoms with Gasteiger partial charge in [0.2, 0.25) is 5.91 Å². The molecule has 0 saturated carbocycles. The third-order valence-corrected chi connectivity index (χ3v) is 4.81. The van der Waals surface area contributed by atoms with Crippen LogP contribution in [0, 0.1) is 0 Å². The maximum atomic E-state index is 11.7. The van der Waals surface area contributed by atoms with E-state index in [9.17, 15) is 4.79 Å². The Kier molecular flexibility index (Phi) is 4.35. The molecule has 0 aliphatic heterocycles. The molecule has 0 bridgehead atoms. The molecule has 1 atom stereocenters. The number of allylic oxidation sites excluding steroid dienone is 1. The van der Waals surface area contributed by atoms with Crippen LogP contribution in [-0.4, -0.2) is 26.9 Å². The van der Waals surface area contributed by atoms with Gasteiger partial charge in [-0.25, -0.2) is 4.98 Å². The summed E-state index contributed by atoms with van der Waals surface area (Å²) in [7, 11) is 0. The lowest BCUT2D eigenvalue weighted by atomic mass is 9.88. The number of hydrogen-bond acceptors (Lipinski definition) is 3. The highest BCUT2D eigenvalue weighted by Crippen LogP contribution is 2.36. The van der Waals surface area contributed by atoms with Crippen molar-refractivity contribution in [3.8, 4) is 11.1 Å². The predicted octanol–water partition coefficient (Wildman–Crippen LogP) is 3.86. The van der Waals surface area contributed by atoms with Crippen LogP contribution in [0.5, 0.6) is 0 Å². The minimum absolute atomic E-state index is 0.116. The first-order valence-corrected chi connectivity index (χ1v) is 8.75. The lowest BCUT2D eigenvalue weighted by Gasteiger charge is -2.24. The number of aromatic nitrogens is 3. The Morgan fingerprint density at radius 3 is 2.88 bits per heavy atom. The molecule has 2 N–H and O–H groups in total. The number of H-pyrrole nitrogens is 1. The molecule has 3 aromatic heterocycles. The van der Waals surface area contributed by atoms with Crippen molar-refractivity contribution in [2.75, 3.05) is 0 Å². The van der Waals surface area contributed by atoms with Crippen molar-refractivity contribution in [3.05, 3.63) is 67.3 Å². The Hall–Kier alpha value is -3.21. The molecule has 1 aliphatic rings. The van der Waals surface area contributed by atoms with Gasteiger partial charge in [0, 0.05) is 41.8 Å². The van der Waals surface area contributed by atoms with E-state index >= 15 is 0 Å². The van der Waals surface area contributed by atoms with Gasteiger partial charge in [0.1, 0.15) is 5.65 Å². The number of hydrogen-bond donors (Lipinski definition) is 2. The van der Waals surface area contributed by atoms with Crippen LogP contribution in [0.2, 0.25) is 0 Å². The summed E-state index contributed by atoms with van der Waals surface area (Å²) in [6.45, 7) is 3.54. The van der Waals surface area contributed by atoms with Crippen LogP contribution < -0.4 is 5.32 Å². The highest BCUT2D eigenvalue weighted by atomic mass is 16.1. The molecular weight excluding hydrogens is 324 g/mol. The Labute approximate surface area is 151 Å². The Bertz CT molecular complexity index is 988. The monoisotopic (exact) mass is 344 g/mol. The summed E-state index contributed by atoms with van der Waals surface area (Å²) in [6.07, 6.45) is 13.7. The van der Waals surface area contributed by atoms with E-state index in [0.29, 0.717) is 0 Å². The number of carbonyl (C=O) groups excluding carboxylic acids is 1. The fraction of sp³-hybridized carbons (Fsp3) is 0.190. The average molecular weight is 344 g/mol. The lowest BCUT2D eigenvalue weighted by Crippen LogP contribution is -2.34. The summed E-state index contributed by atoms with van der Waals surface area (Å²) in [5.74, 6) is -0.116. The fourth-order valence-corrected chi connectivity index (χ4v) is 3.60. The number of amides is 1. The van der Waals surface area contributed by atoms with Crippen molar-refractivity contribution < 1.29 is 4.79 Å². The normalized spacial score (nSPS) is 16.9. The fourth-order valence-electron chi connectivity index (χ4n) is 3.60. The van der Waals surface area contributed by atoms with Gasteiger partial charge in [-0.15, -0.1) is 0 Å². The largest absolute Gasteiger partial charge is 0.349 e. The zero-order valence-electron chi connectivity index (χ0n) is 14.4. The van der Waals surface area contributed by atoms with Gasteiger partial charge in [0.25, 0.3) is 0 Å². The molecule has 130 valence electrons. The van der Waals surface area contributed by atoms with Gasteiger partial charge in [-0.1, -0.05) is 12.7 Å². The molecule has 0 radical (unpaired) electrons. The molecule has 0 saturated heterocycles. The first-order chi connectivity index (χ1) is 12.8. The lowest BCUT2D eigenvalue weighted by molar-refractivity contribution is -0.117. The third kappa shape index (κ3) is 3.04. The van der Waals surface area contributed by atoms with Gasteiger partial charge in [0.15, 0.2) is 0 Å². The standard InChI is InChI=1S/C21H20N4O/c1-2-19(26)25-16-5-3-4-15(12-16)17-8-11-23-21-20(17)18(13-24-21)14-6-9-22-10-7-14/h2,4,6-11,13,16H,1,3,5,12H2,(H,23,24)(H,25,26). The summed E-state index contributed by atoms with van der Waals surface area (Å²) in [6, 6.07) is 6.19. The van der Waals surface area contributed by atoms with E-state index in [-0.39, 0.29) is 11.9 Å². The van der Waals surface area contributed by atoms with E-state index < -0.39 is 0 Å². The zero-order valence-corrected chi connectivity index (χ0v) is 14.4. The van der Waals surface area contributed by atoms with E-state index in [4.69, 9.17) is 0 Å². The SMILES string of the molecule is C=CC(=O)NC1CCC=C(c2ccnc3[nH]cc(-c4ccncc4)c23)C1. The Morgan fingerprint density at radius 2 is 2.08 bits per heavy atom. The van der Waals surface area contributed by atoms with Crippen LogP contribution in [0.25, 0.3) is 27.7 Å². The van der Waals surface area contributed by atoms with Crippen LogP contribution in [0.3, 0.4) is 0 Å². The van der Waals surface area contributed by atoms with Gasteiger partial charge < -0.3 is 10.3 Å². The second-order valence-electron chi connectivity index (χ2n) is 6.44. The summed E-state index contributed by atoms with van der Waals surface area (Å²) < 4.78 is 0. The molecule has 0 aromatic carbocycles. The zero-order chi connectivity index (χ0) is 17.9. The third-order valence-electron chi connectivity index (χ3n) is 4.81. The maximum absolute atomic E-state index is 11.7. The first kappa shape index (κ1) is 16.3. The minimum atomic E-state index is -0.116. The molecule has 0 spiro atoms. The number of carbonyl (C=O) groups is 1. The first-order valence-electron chi connectivity index (χ1n) is 8.75. The van der Waals surface area contributed by atoms with Crippen molar-refractivity contribution in [2.45, 2.75) is 25.3 Å². The van der Waals surface area contributed by atoms with Crippen molar-refractivity contribution in [1.29, 1.82) is 0 Å². The van der Waals surface area contributed by atoms with E-state index in [1.807, 2.05) is 24.5 Å². The molecule has 0 fully saturated rings. The van der Waals surface area contributed by atoms with Crippen molar-refractivity contribution in [1.82, 2.24) is 20.3 Å². The second-order valence-corrected chi connectivity index (χ2v) is 6.44.